The lowest BCUT2D eigenvalue weighted by atomic mass is 10.0. The van der Waals surface area contributed by atoms with Gasteiger partial charge in [0, 0.05) is 32.2 Å². The zero-order valence-corrected chi connectivity index (χ0v) is 17.7. The fourth-order valence-corrected chi connectivity index (χ4v) is 3.85. The Morgan fingerprint density at radius 2 is 1.69 bits per heavy atom. The van der Waals surface area contributed by atoms with Crippen molar-refractivity contribution < 1.29 is 24.2 Å². The number of amides is 3. The number of carboxylic acid groups (broad SMARTS) is 1. The highest BCUT2D eigenvalue weighted by atomic mass is 16.5. The number of rotatable bonds is 5. The van der Waals surface area contributed by atoms with Crippen molar-refractivity contribution in [3.63, 3.8) is 0 Å². The predicted octanol–water partition coefficient (Wildman–Crippen LogP) is 2.88. The summed E-state index contributed by atoms with van der Waals surface area (Å²) in [7, 11) is 1.60. The molecule has 2 rings (SSSR count). The van der Waals surface area contributed by atoms with Crippen molar-refractivity contribution >= 4 is 18.1 Å². The lowest BCUT2D eigenvalue weighted by molar-refractivity contribution is -0.151. The Morgan fingerprint density at radius 3 is 2.17 bits per heavy atom. The predicted molar refractivity (Wildman–Crippen MR) is 108 cm³/mol. The molecule has 0 radical (unpaired) electrons. The number of esters is 1. The number of urea groups is 1. The maximum atomic E-state index is 13.2. The molecule has 1 aromatic carbocycles. The van der Waals surface area contributed by atoms with Crippen molar-refractivity contribution in [2.24, 2.45) is 5.92 Å². The molecule has 3 atom stereocenters. The quantitative estimate of drug-likeness (QED) is 0.761. The van der Waals surface area contributed by atoms with Gasteiger partial charge in [-0.25, -0.2) is 14.4 Å². The maximum absolute atomic E-state index is 13.2. The molecule has 1 aliphatic heterocycles. The largest absolute Gasteiger partial charge is 0.465 e. The molecule has 0 spiro atoms. The van der Waals surface area contributed by atoms with Crippen LogP contribution in [0.15, 0.2) is 30.3 Å². The molecule has 0 bridgehead atoms. The first-order chi connectivity index (χ1) is 13.6. The van der Waals surface area contributed by atoms with E-state index in [4.69, 9.17) is 4.74 Å². The molecule has 1 aliphatic rings. The van der Waals surface area contributed by atoms with Gasteiger partial charge in [-0.05, 0) is 25.3 Å². The molecule has 0 saturated carbocycles. The number of ether oxygens (including phenoxy) is 1. The van der Waals surface area contributed by atoms with Gasteiger partial charge in [-0.1, -0.05) is 44.2 Å². The summed E-state index contributed by atoms with van der Waals surface area (Å²) in [4.78, 5) is 41.6. The van der Waals surface area contributed by atoms with Crippen LogP contribution >= 0.6 is 0 Å². The summed E-state index contributed by atoms with van der Waals surface area (Å²) in [5, 5.41) is 9.25. The molecular weight excluding hydrogens is 374 g/mol. The van der Waals surface area contributed by atoms with Crippen LogP contribution in [0.2, 0.25) is 0 Å². The fraction of sp³-hybridized carbons (Fsp3) is 0.571. The first-order valence-corrected chi connectivity index (χ1v) is 9.87. The SMILES string of the molecule is CC(C)[C@@H](C(=O)OCc1ccccc1)N(C)C(=O)N1[C@H](C)CN(C(=O)O)C[C@H]1C. The van der Waals surface area contributed by atoms with Gasteiger partial charge in [0.15, 0.2) is 0 Å². The number of carbonyl (C=O) groups excluding carboxylic acids is 2. The van der Waals surface area contributed by atoms with Crippen LogP contribution in [0, 0.1) is 5.92 Å². The highest BCUT2D eigenvalue weighted by Gasteiger charge is 2.40. The monoisotopic (exact) mass is 405 g/mol. The van der Waals surface area contributed by atoms with Gasteiger partial charge in [-0.15, -0.1) is 0 Å². The van der Waals surface area contributed by atoms with Crippen molar-refractivity contribution in [2.75, 3.05) is 20.1 Å². The molecule has 1 N–H and O–H groups in total. The van der Waals surface area contributed by atoms with Gasteiger partial charge in [-0.3, -0.25) is 0 Å². The van der Waals surface area contributed by atoms with E-state index in [1.165, 1.54) is 9.80 Å². The number of carbonyl (C=O) groups is 3. The summed E-state index contributed by atoms with van der Waals surface area (Å²) in [5.74, 6) is -0.595. The number of piperazine rings is 1. The summed E-state index contributed by atoms with van der Waals surface area (Å²) in [6.07, 6.45) is -0.992. The number of benzene rings is 1. The second kappa shape index (κ2) is 9.62. The number of hydrogen-bond donors (Lipinski definition) is 1. The minimum Gasteiger partial charge on any atom is -0.465 e. The van der Waals surface area contributed by atoms with Crippen molar-refractivity contribution in [1.82, 2.24) is 14.7 Å². The van der Waals surface area contributed by atoms with E-state index < -0.39 is 18.1 Å². The second-order valence-electron chi connectivity index (χ2n) is 7.97. The van der Waals surface area contributed by atoms with E-state index in [2.05, 4.69) is 0 Å². The molecule has 8 heteroatoms. The van der Waals surface area contributed by atoms with E-state index in [1.807, 2.05) is 58.0 Å². The minimum absolute atomic E-state index is 0.141. The summed E-state index contributed by atoms with van der Waals surface area (Å²) in [6, 6.07) is 7.76. The van der Waals surface area contributed by atoms with Crippen molar-refractivity contribution in [1.29, 1.82) is 0 Å². The molecule has 29 heavy (non-hydrogen) atoms. The smallest absolute Gasteiger partial charge is 0.407 e. The van der Waals surface area contributed by atoms with E-state index >= 15 is 0 Å². The van der Waals surface area contributed by atoms with Crippen molar-refractivity contribution in [3.8, 4) is 0 Å². The molecule has 1 saturated heterocycles. The number of nitrogens with zero attached hydrogens (tertiary/aromatic N) is 3. The van der Waals surface area contributed by atoms with Gasteiger partial charge in [0.05, 0.1) is 0 Å². The zero-order chi connectivity index (χ0) is 21.7. The van der Waals surface area contributed by atoms with Crippen LogP contribution in [-0.4, -0.2) is 76.2 Å². The van der Waals surface area contributed by atoms with E-state index in [-0.39, 0.29) is 43.7 Å². The maximum Gasteiger partial charge on any atom is 0.407 e. The normalized spacial score (nSPS) is 20.3. The molecular formula is C21H31N3O5. The zero-order valence-electron chi connectivity index (χ0n) is 17.7. The number of hydrogen-bond acceptors (Lipinski definition) is 4. The highest BCUT2D eigenvalue weighted by Crippen LogP contribution is 2.21. The summed E-state index contributed by atoms with van der Waals surface area (Å²) in [5.41, 5.74) is 0.879. The van der Waals surface area contributed by atoms with Crippen molar-refractivity contribution in [3.05, 3.63) is 35.9 Å². The highest BCUT2D eigenvalue weighted by molar-refractivity contribution is 5.84. The van der Waals surface area contributed by atoms with Crippen LogP contribution < -0.4 is 0 Å². The standard InChI is InChI=1S/C21H31N3O5/c1-14(2)18(19(25)29-13-17-9-7-6-8-10-17)22(5)20(26)24-15(3)11-23(21(27)28)12-16(24)4/h6-10,14-16,18H,11-13H2,1-5H3,(H,27,28)/t15-,16-,18+/m1/s1. The van der Waals surface area contributed by atoms with Gasteiger partial charge in [0.1, 0.15) is 12.6 Å². The van der Waals surface area contributed by atoms with Gasteiger partial charge < -0.3 is 24.5 Å². The van der Waals surface area contributed by atoms with Crippen LogP contribution in [0.4, 0.5) is 9.59 Å². The van der Waals surface area contributed by atoms with E-state index in [9.17, 15) is 19.5 Å². The third-order valence-electron chi connectivity index (χ3n) is 5.23. The van der Waals surface area contributed by atoms with Gasteiger partial charge in [-0.2, -0.15) is 0 Å². The molecule has 0 aromatic heterocycles. The van der Waals surface area contributed by atoms with Crippen LogP contribution in [0.25, 0.3) is 0 Å². The third-order valence-corrected chi connectivity index (χ3v) is 5.23. The van der Waals surface area contributed by atoms with Gasteiger partial charge >= 0.3 is 18.1 Å². The molecule has 1 heterocycles. The Labute approximate surface area is 172 Å². The number of likely N-dealkylation sites (N-methyl/N-ethyl adjacent to an activating group) is 1. The molecule has 3 amide bonds. The summed E-state index contributed by atoms with van der Waals surface area (Å²) in [6.45, 7) is 7.99. The Balaban J connectivity index is 2.09. The summed E-state index contributed by atoms with van der Waals surface area (Å²) < 4.78 is 5.48. The van der Waals surface area contributed by atoms with Crippen LogP contribution in [0.5, 0.6) is 0 Å². The van der Waals surface area contributed by atoms with Gasteiger partial charge in [0.25, 0.3) is 0 Å². The Hall–Kier alpha value is -2.77. The van der Waals surface area contributed by atoms with E-state index in [0.717, 1.165) is 5.56 Å². The molecule has 8 nitrogen and oxygen atoms in total. The average Bonchev–Trinajstić information content (AvgIpc) is 2.66. The van der Waals surface area contributed by atoms with Crippen LogP contribution in [0.1, 0.15) is 33.3 Å². The van der Waals surface area contributed by atoms with Crippen molar-refractivity contribution in [2.45, 2.75) is 52.4 Å². The first kappa shape index (κ1) is 22.5. The van der Waals surface area contributed by atoms with Crippen LogP contribution in [0.3, 0.4) is 0 Å². The molecule has 0 unspecified atom stereocenters. The fourth-order valence-electron chi connectivity index (χ4n) is 3.85. The lowest BCUT2D eigenvalue weighted by Gasteiger charge is -2.45. The Morgan fingerprint density at radius 1 is 1.14 bits per heavy atom. The Bertz CT molecular complexity index is 712. The second-order valence-corrected chi connectivity index (χ2v) is 7.97. The van der Waals surface area contributed by atoms with E-state index in [0.29, 0.717) is 0 Å². The first-order valence-electron chi connectivity index (χ1n) is 9.87. The minimum atomic E-state index is -0.992. The Kier molecular flexibility index (Phi) is 7.47. The third kappa shape index (κ3) is 5.40. The topological polar surface area (TPSA) is 90.4 Å². The van der Waals surface area contributed by atoms with Crippen LogP contribution in [-0.2, 0) is 16.1 Å². The molecule has 1 fully saturated rings. The molecule has 1 aromatic rings. The summed E-state index contributed by atoms with van der Waals surface area (Å²) >= 11 is 0. The molecule has 0 aliphatic carbocycles. The lowest BCUT2D eigenvalue weighted by Crippen LogP contribution is -2.63. The average molecular weight is 405 g/mol. The molecule has 160 valence electrons. The van der Waals surface area contributed by atoms with E-state index in [1.54, 1.807) is 11.9 Å². The van der Waals surface area contributed by atoms with Gasteiger partial charge in [0.2, 0.25) is 0 Å².